The molecular formula is C98H138N16O10S. The quantitative estimate of drug-likeness (QED) is 0.0264. The third-order valence-electron chi connectivity index (χ3n) is 24.4. The average molecular weight is 1730 g/mol. The Kier molecular flexibility index (Phi) is 41.0. The highest BCUT2D eigenvalue weighted by atomic mass is 32.1. The second-order valence-electron chi connectivity index (χ2n) is 33.7. The normalized spacial score (nSPS) is 19.8. The van der Waals surface area contributed by atoms with Crippen LogP contribution in [-0.4, -0.2) is 239 Å². The van der Waals surface area contributed by atoms with Crippen LogP contribution in [0.2, 0.25) is 0 Å². The van der Waals surface area contributed by atoms with Gasteiger partial charge in [0.2, 0.25) is 52.2 Å². The summed E-state index contributed by atoms with van der Waals surface area (Å²) in [5.74, 6) is 2.86. The molecule has 27 heteroatoms. The van der Waals surface area contributed by atoms with Crippen LogP contribution in [0.15, 0.2) is 176 Å². The predicted molar refractivity (Wildman–Crippen MR) is 498 cm³/mol. The first-order valence-electron chi connectivity index (χ1n) is 44.6. The molecular weight excluding hydrogens is 1590 g/mol. The van der Waals surface area contributed by atoms with Crippen LogP contribution in [0.1, 0.15) is 161 Å². The molecule has 15 rings (SSSR count). The maximum absolute atomic E-state index is 12.7. The van der Waals surface area contributed by atoms with E-state index >= 15 is 0 Å². The van der Waals surface area contributed by atoms with Crippen molar-refractivity contribution in [2.45, 2.75) is 204 Å². The highest BCUT2D eigenvalue weighted by Gasteiger charge is 2.35. The van der Waals surface area contributed by atoms with E-state index in [9.17, 15) is 33.6 Å². The third-order valence-corrected chi connectivity index (χ3v) is 25.1. The molecule has 26 nitrogen and oxygen atoms in total. The molecule has 1 aromatic heterocycles. The molecule has 7 aromatic carbocycles. The van der Waals surface area contributed by atoms with Gasteiger partial charge in [-0.1, -0.05) is 202 Å². The van der Waals surface area contributed by atoms with Crippen molar-refractivity contribution < 1.29 is 47.8 Å². The summed E-state index contributed by atoms with van der Waals surface area (Å²) >= 11 is 1.40. The average Bonchev–Trinajstić information content (AvgIpc) is 1.70. The number of rotatable bonds is 25. The highest BCUT2D eigenvalue weighted by molar-refractivity contribution is 7.15. The number of aryl methyl sites for hydroxylation is 1. The van der Waals surface area contributed by atoms with Gasteiger partial charge in [-0.3, -0.25) is 68.3 Å². The Hall–Kier alpha value is -10.2. The van der Waals surface area contributed by atoms with E-state index in [2.05, 4.69) is 131 Å². The number of hydrogen-bond acceptors (Lipinski definition) is 20. The SMILES string of the molecule is CN1CCCC1C(=O)NC(c1ccccc1)c1ccccc1.CN1CCCC1C(=O)NC1CCCC1.CN1CCCC1C(=O)NCc1cccc2ccccc12.CN1CCCC1C(=O)NCc1ccccc1.CNC(C(=O)NCc1ccccc1)C(C)C.COc1cc(CNC(=O)C2CCCN2C)cc(OC)c1OC.Cc1nnc(NC(=O)C2CCCN2C)s1. The molecule has 7 heterocycles. The minimum absolute atomic E-state index is 0.00470. The van der Waals surface area contributed by atoms with Crippen molar-refractivity contribution in [2.75, 3.05) is 115 Å². The third kappa shape index (κ3) is 30.8. The van der Waals surface area contributed by atoms with E-state index in [4.69, 9.17) is 14.2 Å². The largest absolute Gasteiger partial charge is 0.493 e. The number of aromatic nitrogens is 2. The second-order valence-corrected chi connectivity index (χ2v) is 34.9. The van der Waals surface area contributed by atoms with E-state index in [1.165, 1.54) is 59.8 Å². The standard InChI is InChI=1S/C19H22N2O.C17H20N2O.C16H24N2O4.C13H18N2O.C13H20N2O.C11H20N2O.C9H14N4OS/c1-21-14-8-13-17(21)19(22)20-18(15-9-4-2-5-10-15)16-11-6-3-7-12-16;1-19-11-5-10-16(19)17(20)18-12-14-8-4-7-13-6-2-3-9-15(13)14;1-18-7-5-6-12(18)16(19)17-10-11-8-13(20-2)15(22-4)14(9-11)21-3;1-15-9-5-8-12(15)13(16)14-10-11-6-3-2-4-7-11;1-10(2)12(14-3)13(16)15-9-11-7-5-4-6-8-11;1-13-8-4-7-10(13)11(14)12-9-5-2-3-6-9;1-6-11-12-9(15-6)10-8(14)7-4-3-5-13(7)2/h2-7,9-12,17-18H,8,13-14H2,1H3,(H,20,22);2-4,6-9,16H,5,10-12H2,1H3,(H,18,20);8-9,12H,5-7,10H2,1-4H3,(H,17,19);2-4,6-7,12H,5,8-10H2,1H3,(H,14,16);4-8,10,12,14H,9H2,1-3H3,(H,15,16);9-10H,2-8H2,1H3,(H,12,14);7H,3-5H2,1-2H3,(H,10,12,14). The fourth-order valence-corrected chi connectivity index (χ4v) is 17.7. The summed E-state index contributed by atoms with van der Waals surface area (Å²) in [6.07, 6.45) is 17.4. The van der Waals surface area contributed by atoms with E-state index in [-0.39, 0.29) is 89.7 Å². The number of likely N-dealkylation sites (tertiary alicyclic amines) is 6. The van der Waals surface area contributed by atoms with Crippen LogP contribution in [0, 0.1) is 12.8 Å². The molecule has 676 valence electrons. The molecule has 7 aliphatic rings. The lowest BCUT2D eigenvalue weighted by molar-refractivity contribution is -0.126. The number of likely N-dealkylation sites (N-methyl/N-ethyl adjacent to an activating group) is 7. The Morgan fingerprint density at radius 1 is 0.416 bits per heavy atom. The lowest BCUT2D eigenvalue weighted by Crippen LogP contribution is -2.45. The van der Waals surface area contributed by atoms with Gasteiger partial charge in [0, 0.05) is 32.2 Å². The summed E-state index contributed by atoms with van der Waals surface area (Å²) in [4.78, 5) is 97.2. The van der Waals surface area contributed by atoms with Gasteiger partial charge in [-0.25, -0.2) is 0 Å². The Balaban J connectivity index is 0.000000166. The van der Waals surface area contributed by atoms with E-state index in [1.807, 2.05) is 197 Å². The summed E-state index contributed by atoms with van der Waals surface area (Å²) < 4.78 is 15.9. The molecule has 0 bridgehead atoms. The molecule has 8 N–H and O–H groups in total. The summed E-state index contributed by atoms with van der Waals surface area (Å²) in [6.45, 7) is 14.3. The van der Waals surface area contributed by atoms with Crippen LogP contribution in [0.3, 0.4) is 0 Å². The monoisotopic (exact) mass is 1730 g/mol. The Morgan fingerprint density at radius 2 is 0.800 bits per heavy atom. The molecule has 7 unspecified atom stereocenters. The van der Waals surface area contributed by atoms with Crippen molar-refractivity contribution in [3.63, 3.8) is 0 Å². The minimum Gasteiger partial charge on any atom is -0.493 e. The van der Waals surface area contributed by atoms with Gasteiger partial charge in [0.15, 0.2) is 11.5 Å². The maximum atomic E-state index is 12.7. The Morgan fingerprint density at radius 3 is 1.20 bits per heavy atom. The van der Waals surface area contributed by atoms with Crippen LogP contribution in [0.25, 0.3) is 10.8 Å². The molecule has 1 aliphatic carbocycles. The van der Waals surface area contributed by atoms with Gasteiger partial charge in [-0.15, -0.1) is 10.2 Å². The number of fused-ring (bicyclic) bond motifs is 1. The number of amides is 7. The first-order chi connectivity index (χ1) is 60.5. The summed E-state index contributed by atoms with van der Waals surface area (Å²) in [5.41, 5.74) is 6.58. The zero-order valence-corrected chi connectivity index (χ0v) is 76.8. The predicted octanol–water partition coefficient (Wildman–Crippen LogP) is 11.9. The van der Waals surface area contributed by atoms with Crippen LogP contribution in [0.4, 0.5) is 5.13 Å². The number of nitrogens with zero attached hydrogens (tertiary/aromatic N) is 8. The number of hydrogen-bond donors (Lipinski definition) is 8. The molecule has 0 radical (unpaired) electrons. The molecule has 7 atom stereocenters. The number of nitrogens with one attached hydrogen (secondary N) is 8. The van der Waals surface area contributed by atoms with Gasteiger partial charge >= 0.3 is 0 Å². The van der Waals surface area contributed by atoms with Gasteiger partial charge in [0.25, 0.3) is 0 Å². The smallest absolute Gasteiger partial charge is 0.243 e. The summed E-state index contributed by atoms with van der Waals surface area (Å²) in [6, 6.07) is 59.0. The van der Waals surface area contributed by atoms with Crippen LogP contribution in [0.5, 0.6) is 17.2 Å². The lowest BCUT2D eigenvalue weighted by Gasteiger charge is -2.24. The first-order valence-corrected chi connectivity index (χ1v) is 45.4. The number of ether oxygens (including phenoxy) is 3. The number of carbonyl (C=O) groups excluding carboxylic acids is 7. The topological polar surface area (TPSA) is 289 Å². The number of carbonyl (C=O) groups is 7. The molecule has 7 fully saturated rings. The zero-order chi connectivity index (χ0) is 89.6. The van der Waals surface area contributed by atoms with Crippen molar-refractivity contribution in [2.24, 2.45) is 5.92 Å². The highest BCUT2D eigenvalue weighted by Crippen LogP contribution is 2.38. The Bertz CT molecular complexity index is 4480. The summed E-state index contributed by atoms with van der Waals surface area (Å²) in [5, 5.41) is 35.8. The van der Waals surface area contributed by atoms with Crippen molar-refractivity contribution in [1.29, 1.82) is 0 Å². The van der Waals surface area contributed by atoms with Crippen LogP contribution in [-0.2, 0) is 59.7 Å². The van der Waals surface area contributed by atoms with E-state index in [0.29, 0.717) is 60.5 Å². The van der Waals surface area contributed by atoms with Gasteiger partial charge in [-0.05, 0) is 248 Å². The van der Waals surface area contributed by atoms with Crippen LogP contribution < -0.4 is 56.7 Å². The first kappa shape index (κ1) is 98.6. The summed E-state index contributed by atoms with van der Waals surface area (Å²) in [7, 11) is 18.6. The molecule has 0 spiro atoms. The van der Waals surface area contributed by atoms with Crippen molar-refractivity contribution in [1.82, 2.24) is 76.8 Å². The van der Waals surface area contributed by atoms with E-state index < -0.39 is 0 Å². The minimum atomic E-state index is -0.122. The molecule has 6 aliphatic heterocycles. The van der Waals surface area contributed by atoms with Crippen molar-refractivity contribution in [3.8, 4) is 17.2 Å². The van der Waals surface area contributed by atoms with Gasteiger partial charge in [-0.2, -0.15) is 0 Å². The van der Waals surface area contributed by atoms with E-state index in [1.54, 1.807) is 21.3 Å². The molecule has 8 aromatic rings. The fraction of sp³-hybridized carbons (Fsp3) is 0.500. The van der Waals surface area contributed by atoms with Crippen LogP contribution >= 0.6 is 11.3 Å². The maximum Gasteiger partial charge on any atom is 0.243 e. The molecule has 6 saturated heterocycles. The fourth-order valence-electron chi connectivity index (χ4n) is 17.1. The molecule has 125 heavy (non-hydrogen) atoms. The zero-order valence-electron chi connectivity index (χ0n) is 76.0. The van der Waals surface area contributed by atoms with Gasteiger partial charge in [0.05, 0.1) is 69.7 Å². The molecule has 1 saturated carbocycles. The number of anilines is 1. The van der Waals surface area contributed by atoms with Crippen molar-refractivity contribution >= 4 is 68.6 Å². The molecule has 7 amide bonds. The lowest BCUT2D eigenvalue weighted by atomic mass is 9.98. The Labute approximate surface area is 745 Å². The van der Waals surface area contributed by atoms with Crippen molar-refractivity contribution in [3.05, 3.63) is 214 Å². The number of methoxy groups -OCH3 is 3. The van der Waals surface area contributed by atoms with E-state index in [0.717, 1.165) is 143 Å². The van der Waals surface area contributed by atoms with Gasteiger partial charge in [0.1, 0.15) is 5.01 Å². The number of benzene rings is 7. The second kappa shape index (κ2) is 52.0. The van der Waals surface area contributed by atoms with Gasteiger partial charge < -0.3 is 51.4 Å².